The van der Waals surface area contributed by atoms with E-state index in [1.165, 1.54) is 18.4 Å². The molecule has 0 aromatic heterocycles. The molecule has 0 spiro atoms. The summed E-state index contributed by atoms with van der Waals surface area (Å²) in [6.07, 6.45) is 2.73. The molecule has 0 aliphatic carbocycles. The lowest BCUT2D eigenvalue weighted by molar-refractivity contribution is 0.242. The molecule has 90 valence electrons. The standard InChI is InChI=1S/C14H23NO/c1-4-5-10-15-11-13-6-8-14(9-7-13)16-12(2)3/h6-9,12,15H,4-5,10-11H2,1-3H3. The summed E-state index contributed by atoms with van der Waals surface area (Å²) in [6, 6.07) is 8.32. The number of ether oxygens (including phenoxy) is 1. The molecular formula is C14H23NO. The second kappa shape index (κ2) is 7.29. The summed E-state index contributed by atoms with van der Waals surface area (Å²) >= 11 is 0. The van der Waals surface area contributed by atoms with Crippen LogP contribution in [0.4, 0.5) is 0 Å². The number of nitrogens with one attached hydrogen (secondary N) is 1. The van der Waals surface area contributed by atoms with Gasteiger partial charge in [0.2, 0.25) is 0 Å². The molecule has 1 aromatic carbocycles. The average Bonchev–Trinajstić information content (AvgIpc) is 2.26. The molecule has 0 aliphatic heterocycles. The van der Waals surface area contributed by atoms with E-state index in [1.807, 2.05) is 26.0 Å². The lowest BCUT2D eigenvalue weighted by atomic mass is 10.2. The molecule has 0 amide bonds. The Balaban J connectivity index is 2.33. The van der Waals surface area contributed by atoms with Crippen LogP contribution in [0.3, 0.4) is 0 Å². The number of unbranched alkanes of at least 4 members (excludes halogenated alkanes) is 1. The van der Waals surface area contributed by atoms with E-state index in [4.69, 9.17) is 4.74 Å². The maximum atomic E-state index is 5.59. The second-order valence-corrected chi connectivity index (χ2v) is 4.34. The van der Waals surface area contributed by atoms with Gasteiger partial charge in [0.1, 0.15) is 5.75 Å². The molecule has 0 heterocycles. The third-order valence-electron chi connectivity index (χ3n) is 2.33. The predicted octanol–water partition coefficient (Wildman–Crippen LogP) is 3.36. The van der Waals surface area contributed by atoms with Gasteiger partial charge >= 0.3 is 0 Å². The largest absolute Gasteiger partial charge is 0.491 e. The maximum Gasteiger partial charge on any atom is 0.119 e. The first-order valence-corrected chi connectivity index (χ1v) is 6.18. The molecule has 1 N–H and O–H groups in total. The summed E-state index contributed by atoms with van der Waals surface area (Å²) in [6.45, 7) is 8.34. The molecule has 2 heteroatoms. The van der Waals surface area contributed by atoms with Crippen LogP contribution in [0.5, 0.6) is 5.75 Å². The van der Waals surface area contributed by atoms with Crippen molar-refractivity contribution in [2.24, 2.45) is 0 Å². The van der Waals surface area contributed by atoms with Crippen LogP contribution in [0.1, 0.15) is 39.2 Å². The second-order valence-electron chi connectivity index (χ2n) is 4.34. The number of benzene rings is 1. The van der Waals surface area contributed by atoms with Crippen LogP contribution in [0.25, 0.3) is 0 Å². The number of rotatable bonds is 7. The highest BCUT2D eigenvalue weighted by Gasteiger charge is 1.97. The molecule has 1 aromatic rings. The Kier molecular flexibility index (Phi) is 5.94. The first-order valence-electron chi connectivity index (χ1n) is 6.18. The SMILES string of the molecule is CCCCNCc1ccc(OC(C)C)cc1. The van der Waals surface area contributed by atoms with E-state index < -0.39 is 0 Å². The molecule has 0 bridgehead atoms. The smallest absolute Gasteiger partial charge is 0.119 e. The Morgan fingerprint density at radius 2 is 1.88 bits per heavy atom. The quantitative estimate of drug-likeness (QED) is 0.713. The lowest BCUT2D eigenvalue weighted by Gasteiger charge is -2.10. The lowest BCUT2D eigenvalue weighted by Crippen LogP contribution is -2.14. The van der Waals surface area contributed by atoms with Crippen molar-refractivity contribution in [3.63, 3.8) is 0 Å². The molecule has 0 saturated carbocycles. The molecule has 0 aliphatic rings. The number of hydrogen-bond donors (Lipinski definition) is 1. The Labute approximate surface area is 99.0 Å². The van der Waals surface area contributed by atoms with Crippen LogP contribution in [-0.2, 0) is 6.54 Å². The van der Waals surface area contributed by atoms with Gasteiger partial charge in [0, 0.05) is 6.54 Å². The zero-order valence-electron chi connectivity index (χ0n) is 10.6. The fraction of sp³-hybridized carbons (Fsp3) is 0.571. The van der Waals surface area contributed by atoms with Crippen LogP contribution in [-0.4, -0.2) is 12.6 Å². The Bertz CT molecular complexity index is 279. The molecule has 0 radical (unpaired) electrons. The molecule has 0 saturated heterocycles. The third-order valence-corrected chi connectivity index (χ3v) is 2.33. The van der Waals surface area contributed by atoms with E-state index in [0.717, 1.165) is 18.8 Å². The molecule has 16 heavy (non-hydrogen) atoms. The van der Waals surface area contributed by atoms with Crippen molar-refractivity contribution < 1.29 is 4.74 Å². The highest BCUT2D eigenvalue weighted by atomic mass is 16.5. The van der Waals surface area contributed by atoms with Crippen LogP contribution in [0.2, 0.25) is 0 Å². The Hall–Kier alpha value is -1.02. The van der Waals surface area contributed by atoms with E-state index in [2.05, 4.69) is 24.4 Å². The summed E-state index contributed by atoms with van der Waals surface area (Å²) in [5.74, 6) is 0.951. The molecular weight excluding hydrogens is 198 g/mol. The van der Waals surface area contributed by atoms with E-state index in [1.54, 1.807) is 0 Å². The first-order chi connectivity index (χ1) is 7.72. The molecule has 0 fully saturated rings. The van der Waals surface area contributed by atoms with E-state index in [9.17, 15) is 0 Å². The molecule has 2 nitrogen and oxygen atoms in total. The normalized spacial score (nSPS) is 10.8. The van der Waals surface area contributed by atoms with E-state index in [0.29, 0.717) is 0 Å². The van der Waals surface area contributed by atoms with Crippen molar-refractivity contribution in [2.45, 2.75) is 46.3 Å². The van der Waals surface area contributed by atoms with Gasteiger partial charge in [-0.05, 0) is 44.5 Å². The Morgan fingerprint density at radius 1 is 1.19 bits per heavy atom. The van der Waals surface area contributed by atoms with Gasteiger partial charge in [0.25, 0.3) is 0 Å². The van der Waals surface area contributed by atoms with Crippen molar-refractivity contribution in [3.8, 4) is 5.75 Å². The van der Waals surface area contributed by atoms with Crippen molar-refractivity contribution in [1.82, 2.24) is 5.32 Å². The maximum absolute atomic E-state index is 5.59. The van der Waals surface area contributed by atoms with Gasteiger partial charge in [-0.1, -0.05) is 25.5 Å². The van der Waals surface area contributed by atoms with Gasteiger partial charge in [-0.25, -0.2) is 0 Å². The number of hydrogen-bond acceptors (Lipinski definition) is 2. The van der Waals surface area contributed by atoms with Crippen molar-refractivity contribution in [3.05, 3.63) is 29.8 Å². The summed E-state index contributed by atoms with van der Waals surface area (Å²) < 4.78 is 5.59. The average molecular weight is 221 g/mol. The van der Waals surface area contributed by atoms with Crippen LogP contribution < -0.4 is 10.1 Å². The van der Waals surface area contributed by atoms with Gasteiger partial charge in [0.05, 0.1) is 6.10 Å². The molecule has 1 rings (SSSR count). The van der Waals surface area contributed by atoms with Crippen LogP contribution in [0, 0.1) is 0 Å². The fourth-order valence-corrected chi connectivity index (χ4v) is 1.49. The van der Waals surface area contributed by atoms with Crippen molar-refractivity contribution in [1.29, 1.82) is 0 Å². The monoisotopic (exact) mass is 221 g/mol. The van der Waals surface area contributed by atoms with Gasteiger partial charge in [-0.3, -0.25) is 0 Å². The minimum absolute atomic E-state index is 0.244. The molecule has 0 atom stereocenters. The van der Waals surface area contributed by atoms with Gasteiger partial charge in [-0.15, -0.1) is 0 Å². The minimum Gasteiger partial charge on any atom is -0.491 e. The fourth-order valence-electron chi connectivity index (χ4n) is 1.49. The minimum atomic E-state index is 0.244. The Morgan fingerprint density at radius 3 is 2.44 bits per heavy atom. The zero-order valence-corrected chi connectivity index (χ0v) is 10.6. The summed E-state index contributed by atoms with van der Waals surface area (Å²) in [5.41, 5.74) is 1.31. The summed E-state index contributed by atoms with van der Waals surface area (Å²) in [4.78, 5) is 0. The van der Waals surface area contributed by atoms with Crippen LogP contribution >= 0.6 is 0 Å². The highest BCUT2D eigenvalue weighted by molar-refractivity contribution is 5.27. The summed E-state index contributed by atoms with van der Waals surface area (Å²) in [5, 5.41) is 3.42. The third kappa shape index (κ3) is 5.17. The van der Waals surface area contributed by atoms with Crippen molar-refractivity contribution in [2.75, 3.05) is 6.54 Å². The highest BCUT2D eigenvalue weighted by Crippen LogP contribution is 2.13. The topological polar surface area (TPSA) is 21.3 Å². The molecule has 0 unspecified atom stereocenters. The van der Waals surface area contributed by atoms with Gasteiger partial charge < -0.3 is 10.1 Å². The summed E-state index contributed by atoms with van der Waals surface area (Å²) in [7, 11) is 0. The van der Waals surface area contributed by atoms with Gasteiger partial charge in [-0.2, -0.15) is 0 Å². The predicted molar refractivity (Wildman–Crippen MR) is 68.8 cm³/mol. The van der Waals surface area contributed by atoms with E-state index in [-0.39, 0.29) is 6.10 Å². The van der Waals surface area contributed by atoms with Gasteiger partial charge in [0.15, 0.2) is 0 Å². The van der Waals surface area contributed by atoms with Crippen molar-refractivity contribution >= 4 is 0 Å². The first kappa shape index (κ1) is 13.0. The zero-order chi connectivity index (χ0) is 11.8. The van der Waals surface area contributed by atoms with Crippen LogP contribution in [0.15, 0.2) is 24.3 Å². The van der Waals surface area contributed by atoms with E-state index >= 15 is 0 Å².